The monoisotopic (exact) mass is 379 g/mol. The largest absolute Gasteiger partial charge is 0.573 e. The number of aliphatic carboxylic acids is 1. The number of benzene rings is 1. The van der Waals surface area contributed by atoms with Crippen LogP contribution in [0.1, 0.15) is 12.0 Å². The standard InChI is InChI=1S/C13H9F4N3O4S/c14-7-2-1-3-8(24-13(15,16)17)6(7)5-18-20-12-19-11(23)9(25-12)4-10(21)22/h1-3,5,9H,4H2,(H,21,22)(H,19,20,23). The highest BCUT2D eigenvalue weighted by Gasteiger charge is 2.33. The predicted molar refractivity (Wildman–Crippen MR) is 79.9 cm³/mol. The molecule has 0 spiro atoms. The Hall–Kier alpha value is -2.63. The summed E-state index contributed by atoms with van der Waals surface area (Å²) < 4.78 is 54.2. The molecule has 2 rings (SSSR count). The third-order valence-electron chi connectivity index (χ3n) is 2.71. The van der Waals surface area contributed by atoms with E-state index in [0.717, 1.165) is 30.0 Å². The highest BCUT2D eigenvalue weighted by Crippen LogP contribution is 2.27. The lowest BCUT2D eigenvalue weighted by Crippen LogP contribution is -2.26. The van der Waals surface area contributed by atoms with Gasteiger partial charge in [0.15, 0.2) is 5.17 Å². The fraction of sp³-hybridized carbons (Fsp3) is 0.231. The third-order valence-corrected chi connectivity index (χ3v) is 3.78. The minimum Gasteiger partial charge on any atom is -0.481 e. The molecule has 12 heteroatoms. The van der Waals surface area contributed by atoms with E-state index < -0.39 is 47.0 Å². The van der Waals surface area contributed by atoms with Gasteiger partial charge in [0, 0.05) is 0 Å². The number of ether oxygens (including phenoxy) is 1. The Morgan fingerprint density at radius 3 is 2.80 bits per heavy atom. The molecule has 0 saturated carbocycles. The molecule has 1 aliphatic rings. The number of rotatable bonds is 5. The molecule has 0 aliphatic carbocycles. The number of alkyl halides is 3. The van der Waals surface area contributed by atoms with Crippen LogP contribution in [0.5, 0.6) is 5.75 Å². The fourth-order valence-electron chi connectivity index (χ4n) is 1.74. The number of halogens is 4. The first-order valence-electron chi connectivity index (χ1n) is 6.50. The van der Waals surface area contributed by atoms with E-state index in [9.17, 15) is 27.2 Å². The van der Waals surface area contributed by atoms with Crippen LogP contribution in [0.3, 0.4) is 0 Å². The topological polar surface area (TPSA) is 100 Å². The van der Waals surface area contributed by atoms with Gasteiger partial charge in [0.05, 0.1) is 18.2 Å². The van der Waals surface area contributed by atoms with Crippen molar-refractivity contribution in [3.63, 3.8) is 0 Å². The average Bonchev–Trinajstić information content (AvgIpc) is 2.80. The van der Waals surface area contributed by atoms with Crippen LogP contribution in [-0.4, -0.2) is 40.0 Å². The Labute approximate surface area is 141 Å². The highest BCUT2D eigenvalue weighted by atomic mass is 32.2. The predicted octanol–water partition coefficient (Wildman–Crippen LogP) is 2.12. The first-order valence-corrected chi connectivity index (χ1v) is 7.38. The zero-order chi connectivity index (χ0) is 18.6. The Morgan fingerprint density at radius 2 is 2.16 bits per heavy atom. The number of carboxylic acid groups (broad SMARTS) is 1. The molecule has 1 aliphatic heterocycles. The fourth-order valence-corrected chi connectivity index (χ4v) is 2.66. The molecule has 0 bridgehead atoms. The minimum atomic E-state index is -5.01. The molecule has 1 amide bonds. The van der Waals surface area contributed by atoms with E-state index in [1.54, 1.807) is 0 Å². The molecule has 1 aromatic carbocycles. The van der Waals surface area contributed by atoms with E-state index in [4.69, 9.17) is 5.11 Å². The molecular weight excluding hydrogens is 370 g/mol. The lowest BCUT2D eigenvalue weighted by atomic mass is 10.2. The maximum atomic E-state index is 13.7. The van der Waals surface area contributed by atoms with Gasteiger partial charge in [-0.05, 0) is 12.1 Å². The number of amides is 1. The first-order chi connectivity index (χ1) is 11.7. The number of nitrogens with one attached hydrogen (secondary N) is 1. The van der Waals surface area contributed by atoms with Crippen LogP contribution in [0.15, 0.2) is 28.4 Å². The number of nitrogens with zero attached hydrogens (tertiary/aromatic N) is 2. The molecule has 1 fully saturated rings. The maximum absolute atomic E-state index is 13.7. The van der Waals surface area contributed by atoms with E-state index >= 15 is 0 Å². The van der Waals surface area contributed by atoms with E-state index in [1.165, 1.54) is 0 Å². The summed E-state index contributed by atoms with van der Waals surface area (Å²) in [5.41, 5.74) is -0.583. The summed E-state index contributed by atoms with van der Waals surface area (Å²) in [6.45, 7) is 0. The Kier molecular flexibility index (Phi) is 5.62. The molecule has 7 nitrogen and oxygen atoms in total. The second-order valence-electron chi connectivity index (χ2n) is 4.54. The molecular formula is C13H9F4N3O4S. The van der Waals surface area contributed by atoms with Crippen molar-refractivity contribution in [2.45, 2.75) is 18.0 Å². The molecule has 134 valence electrons. The third kappa shape index (κ3) is 5.45. The summed E-state index contributed by atoms with van der Waals surface area (Å²) in [6, 6.07) is 2.84. The Morgan fingerprint density at radius 1 is 1.44 bits per heavy atom. The van der Waals surface area contributed by atoms with Gasteiger partial charge in [0.1, 0.15) is 16.8 Å². The summed E-state index contributed by atoms with van der Waals surface area (Å²) in [4.78, 5) is 22.1. The summed E-state index contributed by atoms with van der Waals surface area (Å²) in [5, 5.41) is 16.9. The molecule has 1 unspecified atom stereocenters. The normalized spacial score (nSPS) is 19.4. The van der Waals surface area contributed by atoms with E-state index in [1.807, 2.05) is 0 Å². The van der Waals surface area contributed by atoms with Gasteiger partial charge in [-0.3, -0.25) is 9.59 Å². The molecule has 1 saturated heterocycles. The van der Waals surface area contributed by atoms with Crippen LogP contribution >= 0.6 is 11.8 Å². The quantitative estimate of drug-likeness (QED) is 0.464. The molecule has 25 heavy (non-hydrogen) atoms. The molecule has 1 heterocycles. The van der Waals surface area contributed by atoms with Crippen LogP contribution in [0, 0.1) is 5.82 Å². The number of hydrogen-bond donors (Lipinski definition) is 2. The maximum Gasteiger partial charge on any atom is 0.573 e. The highest BCUT2D eigenvalue weighted by molar-refractivity contribution is 8.15. The average molecular weight is 379 g/mol. The number of amidine groups is 1. The molecule has 0 radical (unpaired) electrons. The van der Waals surface area contributed by atoms with Crippen molar-refractivity contribution in [2.75, 3.05) is 0 Å². The van der Waals surface area contributed by atoms with Crippen LogP contribution < -0.4 is 10.1 Å². The zero-order valence-electron chi connectivity index (χ0n) is 12.1. The van der Waals surface area contributed by atoms with Crippen molar-refractivity contribution in [3.05, 3.63) is 29.6 Å². The Balaban J connectivity index is 2.15. The molecule has 0 aromatic heterocycles. The summed E-state index contributed by atoms with van der Waals surface area (Å²) in [6.07, 6.45) is -4.75. The smallest absolute Gasteiger partial charge is 0.481 e. The lowest BCUT2D eigenvalue weighted by Gasteiger charge is -2.11. The van der Waals surface area contributed by atoms with Crippen molar-refractivity contribution in [3.8, 4) is 5.75 Å². The minimum absolute atomic E-state index is 0.0536. The van der Waals surface area contributed by atoms with Gasteiger partial charge in [-0.1, -0.05) is 17.8 Å². The molecule has 1 aromatic rings. The second kappa shape index (κ2) is 7.51. The lowest BCUT2D eigenvalue weighted by molar-refractivity contribution is -0.274. The van der Waals surface area contributed by atoms with E-state index in [-0.39, 0.29) is 5.17 Å². The van der Waals surface area contributed by atoms with Crippen LogP contribution in [0.25, 0.3) is 0 Å². The summed E-state index contributed by atoms with van der Waals surface area (Å²) >= 11 is 0.790. The van der Waals surface area contributed by atoms with Gasteiger partial charge in [-0.2, -0.15) is 5.10 Å². The number of hydrogen-bond acceptors (Lipinski definition) is 6. The van der Waals surface area contributed by atoms with E-state index in [2.05, 4.69) is 20.3 Å². The second-order valence-corrected chi connectivity index (χ2v) is 5.73. The van der Waals surface area contributed by atoms with Gasteiger partial charge in [0.2, 0.25) is 5.91 Å². The van der Waals surface area contributed by atoms with Crippen molar-refractivity contribution >= 4 is 35.0 Å². The van der Waals surface area contributed by atoms with Gasteiger partial charge < -0.3 is 15.2 Å². The van der Waals surface area contributed by atoms with Crippen LogP contribution in [0.2, 0.25) is 0 Å². The van der Waals surface area contributed by atoms with Crippen LogP contribution in [0.4, 0.5) is 17.6 Å². The number of carbonyl (C=O) groups excluding carboxylic acids is 1. The van der Waals surface area contributed by atoms with Crippen LogP contribution in [-0.2, 0) is 9.59 Å². The number of carboxylic acids is 1. The van der Waals surface area contributed by atoms with Crippen molar-refractivity contribution < 1.29 is 37.0 Å². The molecule has 2 N–H and O–H groups in total. The van der Waals surface area contributed by atoms with Crippen molar-refractivity contribution in [2.24, 2.45) is 10.2 Å². The summed E-state index contributed by atoms with van der Waals surface area (Å²) in [7, 11) is 0. The first kappa shape index (κ1) is 18.7. The van der Waals surface area contributed by atoms with Gasteiger partial charge in [0.25, 0.3) is 0 Å². The summed E-state index contributed by atoms with van der Waals surface area (Å²) in [5.74, 6) is -3.59. The molecule has 1 atom stereocenters. The van der Waals surface area contributed by atoms with Gasteiger partial charge in [-0.15, -0.1) is 18.3 Å². The van der Waals surface area contributed by atoms with Crippen molar-refractivity contribution in [1.29, 1.82) is 0 Å². The zero-order valence-corrected chi connectivity index (χ0v) is 12.9. The van der Waals surface area contributed by atoms with Gasteiger partial charge in [-0.25, -0.2) is 4.39 Å². The Bertz CT molecular complexity index is 751. The SMILES string of the molecule is O=C(O)CC1SC(=NN=Cc2c(F)cccc2OC(F)(F)F)NC1=O. The van der Waals surface area contributed by atoms with Gasteiger partial charge >= 0.3 is 12.3 Å². The number of carbonyl (C=O) groups is 2. The number of thioether (sulfide) groups is 1. The van der Waals surface area contributed by atoms with E-state index in [0.29, 0.717) is 6.21 Å². The van der Waals surface area contributed by atoms with Crippen molar-refractivity contribution in [1.82, 2.24) is 5.32 Å².